The highest BCUT2D eigenvalue weighted by molar-refractivity contribution is 7.92. The number of carbonyl (C=O) groups is 1. The zero-order valence-electron chi connectivity index (χ0n) is 14.6. The fourth-order valence-electron chi connectivity index (χ4n) is 2.37. The summed E-state index contributed by atoms with van der Waals surface area (Å²) >= 11 is 0. The van der Waals surface area contributed by atoms with Crippen LogP contribution < -0.4 is 9.73 Å². The summed E-state index contributed by atoms with van der Waals surface area (Å²) in [6.45, 7) is 1.52. The first-order valence-electron chi connectivity index (χ1n) is 7.98. The summed E-state index contributed by atoms with van der Waals surface area (Å²) in [4.78, 5) is 12.2. The Bertz CT molecular complexity index is 910. The van der Waals surface area contributed by atoms with E-state index in [1.54, 1.807) is 30.3 Å². The molecule has 7 nitrogen and oxygen atoms in total. The number of hydrogen-bond acceptors (Lipinski definition) is 5. The predicted octanol–water partition coefficient (Wildman–Crippen LogP) is 1.87. The summed E-state index contributed by atoms with van der Waals surface area (Å²) in [5.41, 5.74) is 4.01. The highest BCUT2D eigenvalue weighted by Crippen LogP contribution is 2.23. The lowest BCUT2D eigenvalue weighted by Gasteiger charge is -2.23. The van der Waals surface area contributed by atoms with E-state index >= 15 is 0 Å². The Morgan fingerprint density at radius 1 is 1.19 bits per heavy atom. The van der Waals surface area contributed by atoms with Gasteiger partial charge in [0.2, 0.25) is 10.0 Å². The molecule has 0 aliphatic rings. The second kappa shape index (κ2) is 8.48. The fourth-order valence-corrected chi connectivity index (χ4v) is 3.26. The average Bonchev–Trinajstić information content (AvgIpc) is 2.60. The lowest BCUT2D eigenvalue weighted by molar-refractivity contribution is -0.119. The number of hydrogen-bond donors (Lipinski definition) is 2. The number of aryl methyl sites for hydroxylation is 1. The monoisotopic (exact) mass is 375 g/mol. The molecule has 2 aromatic carbocycles. The summed E-state index contributed by atoms with van der Waals surface area (Å²) in [6.07, 6.45) is 2.98. The van der Waals surface area contributed by atoms with Crippen molar-refractivity contribution in [2.24, 2.45) is 5.10 Å². The summed E-state index contributed by atoms with van der Waals surface area (Å²) in [6, 6.07) is 13.5. The molecule has 0 aromatic heterocycles. The van der Waals surface area contributed by atoms with E-state index in [1.807, 2.05) is 19.1 Å². The molecule has 2 aromatic rings. The van der Waals surface area contributed by atoms with Crippen molar-refractivity contribution in [2.75, 3.05) is 17.1 Å². The maximum Gasteiger partial charge on any atom is 0.260 e. The number of phenolic OH excluding ortho intramolecular Hbond substituents is 1. The van der Waals surface area contributed by atoms with Crippen LogP contribution in [0.25, 0.3) is 0 Å². The molecule has 0 saturated carbocycles. The zero-order chi connectivity index (χ0) is 19.2. The van der Waals surface area contributed by atoms with Crippen LogP contribution >= 0.6 is 0 Å². The van der Waals surface area contributed by atoms with Gasteiger partial charge >= 0.3 is 0 Å². The lowest BCUT2D eigenvalue weighted by Crippen LogP contribution is -2.39. The number of para-hydroxylation sites is 2. The molecule has 8 heteroatoms. The topological polar surface area (TPSA) is 99.1 Å². The van der Waals surface area contributed by atoms with E-state index in [1.165, 1.54) is 12.3 Å². The molecule has 26 heavy (non-hydrogen) atoms. The molecule has 0 aliphatic heterocycles. The van der Waals surface area contributed by atoms with Crippen molar-refractivity contribution in [1.29, 1.82) is 0 Å². The van der Waals surface area contributed by atoms with Crippen LogP contribution in [0.1, 0.15) is 18.1 Å². The first-order valence-corrected chi connectivity index (χ1v) is 9.83. The molecule has 0 atom stereocenters. The normalized spacial score (nSPS) is 11.5. The highest BCUT2D eigenvalue weighted by atomic mass is 32.2. The van der Waals surface area contributed by atoms with Gasteiger partial charge in [0.05, 0.1) is 18.2 Å². The van der Waals surface area contributed by atoms with E-state index < -0.39 is 22.5 Å². The number of nitrogens with one attached hydrogen (secondary N) is 1. The summed E-state index contributed by atoms with van der Waals surface area (Å²) in [5.74, 6) is -0.562. The Kier molecular flexibility index (Phi) is 6.35. The molecule has 1 amide bonds. The molecule has 0 aliphatic carbocycles. The Balaban J connectivity index is 2.14. The molecule has 0 fully saturated rings. The van der Waals surface area contributed by atoms with Gasteiger partial charge < -0.3 is 5.11 Å². The van der Waals surface area contributed by atoms with Crippen LogP contribution in [0.3, 0.4) is 0 Å². The molecule has 138 valence electrons. The molecule has 2 rings (SSSR count). The number of carbonyl (C=O) groups excluding carboxylic acids is 1. The molecule has 0 heterocycles. The van der Waals surface area contributed by atoms with E-state index in [2.05, 4.69) is 10.5 Å². The third kappa shape index (κ3) is 5.06. The molecule has 0 radical (unpaired) electrons. The first kappa shape index (κ1) is 19.5. The molecular formula is C18H21N3O4S. The van der Waals surface area contributed by atoms with Gasteiger partial charge in [-0.05, 0) is 30.2 Å². The van der Waals surface area contributed by atoms with E-state index in [9.17, 15) is 18.3 Å². The van der Waals surface area contributed by atoms with Gasteiger partial charge in [-0.3, -0.25) is 9.10 Å². The van der Waals surface area contributed by atoms with E-state index in [4.69, 9.17) is 0 Å². The Hall–Kier alpha value is -2.87. The number of sulfonamides is 1. The fraction of sp³-hybridized carbons (Fsp3) is 0.222. The first-order chi connectivity index (χ1) is 12.3. The number of nitrogens with zero attached hydrogens (tertiary/aromatic N) is 2. The SMILES string of the molecule is CCc1ccccc1N(CC(=O)N/N=C\c1ccccc1O)S(C)(=O)=O. The van der Waals surface area contributed by atoms with Crippen molar-refractivity contribution >= 4 is 27.8 Å². The molecular weight excluding hydrogens is 354 g/mol. The maximum atomic E-state index is 12.2. The molecule has 0 spiro atoms. The van der Waals surface area contributed by atoms with Crippen LogP contribution in [0.2, 0.25) is 0 Å². The van der Waals surface area contributed by atoms with Crippen LogP contribution in [-0.4, -0.2) is 38.4 Å². The summed E-state index contributed by atoms with van der Waals surface area (Å²) in [5, 5.41) is 13.4. The minimum atomic E-state index is -3.65. The maximum absolute atomic E-state index is 12.2. The van der Waals surface area contributed by atoms with E-state index in [0.29, 0.717) is 17.7 Å². The standard InChI is InChI=1S/C18H21N3O4S/c1-3-14-8-4-6-10-16(14)21(26(2,24)25)13-18(23)20-19-12-15-9-5-7-11-17(15)22/h4-12,22H,3,13H2,1-2H3,(H,20,23)/b19-12-. The third-order valence-corrected chi connectivity index (χ3v) is 4.78. The number of phenols is 1. The van der Waals surface area contributed by atoms with Crippen LogP contribution in [0.4, 0.5) is 5.69 Å². The minimum Gasteiger partial charge on any atom is -0.507 e. The minimum absolute atomic E-state index is 0.0279. The Morgan fingerprint density at radius 2 is 1.85 bits per heavy atom. The summed E-state index contributed by atoms with van der Waals surface area (Å²) < 4.78 is 25.4. The van der Waals surface area contributed by atoms with Gasteiger partial charge in [0, 0.05) is 5.56 Å². The largest absolute Gasteiger partial charge is 0.507 e. The van der Waals surface area contributed by atoms with Crippen molar-refractivity contribution in [1.82, 2.24) is 5.43 Å². The van der Waals surface area contributed by atoms with Crippen molar-refractivity contribution < 1.29 is 18.3 Å². The van der Waals surface area contributed by atoms with Gasteiger partial charge in [-0.15, -0.1) is 0 Å². The predicted molar refractivity (Wildman–Crippen MR) is 102 cm³/mol. The van der Waals surface area contributed by atoms with Gasteiger partial charge in [-0.2, -0.15) is 5.10 Å². The summed E-state index contributed by atoms with van der Waals surface area (Å²) in [7, 11) is -3.65. The van der Waals surface area contributed by atoms with Crippen molar-refractivity contribution in [3.05, 3.63) is 59.7 Å². The third-order valence-electron chi connectivity index (χ3n) is 3.66. The molecule has 0 unspecified atom stereocenters. The van der Waals surface area contributed by atoms with Crippen LogP contribution in [0.15, 0.2) is 53.6 Å². The number of amides is 1. The molecule has 0 bridgehead atoms. The van der Waals surface area contributed by atoms with Gasteiger partial charge in [0.1, 0.15) is 12.3 Å². The van der Waals surface area contributed by atoms with Gasteiger partial charge in [0.15, 0.2) is 0 Å². The Labute approximate surface area is 153 Å². The van der Waals surface area contributed by atoms with Crippen molar-refractivity contribution in [2.45, 2.75) is 13.3 Å². The quantitative estimate of drug-likeness (QED) is 0.570. The van der Waals surface area contributed by atoms with Gasteiger partial charge in [-0.25, -0.2) is 13.8 Å². The van der Waals surface area contributed by atoms with Crippen LogP contribution in [0.5, 0.6) is 5.75 Å². The lowest BCUT2D eigenvalue weighted by atomic mass is 10.1. The van der Waals surface area contributed by atoms with Crippen molar-refractivity contribution in [3.63, 3.8) is 0 Å². The molecule has 2 N–H and O–H groups in total. The van der Waals surface area contributed by atoms with Crippen LogP contribution in [-0.2, 0) is 21.2 Å². The zero-order valence-corrected chi connectivity index (χ0v) is 15.4. The number of rotatable bonds is 7. The van der Waals surface area contributed by atoms with Crippen molar-refractivity contribution in [3.8, 4) is 5.75 Å². The number of aromatic hydroxyl groups is 1. The second-order valence-corrected chi connectivity index (χ2v) is 7.51. The average molecular weight is 375 g/mol. The second-order valence-electron chi connectivity index (χ2n) is 5.60. The van der Waals surface area contributed by atoms with E-state index in [0.717, 1.165) is 16.1 Å². The number of hydrazone groups is 1. The van der Waals surface area contributed by atoms with Gasteiger partial charge in [0.25, 0.3) is 5.91 Å². The van der Waals surface area contributed by atoms with Crippen LogP contribution in [0, 0.1) is 0 Å². The van der Waals surface area contributed by atoms with Gasteiger partial charge in [-0.1, -0.05) is 37.3 Å². The van der Waals surface area contributed by atoms with E-state index in [-0.39, 0.29) is 5.75 Å². The molecule has 0 saturated heterocycles. The smallest absolute Gasteiger partial charge is 0.260 e. The number of anilines is 1. The Morgan fingerprint density at radius 3 is 2.50 bits per heavy atom. The number of benzene rings is 2. The highest BCUT2D eigenvalue weighted by Gasteiger charge is 2.22.